The quantitative estimate of drug-likeness (QED) is 0.517. The first-order valence-corrected chi connectivity index (χ1v) is 11.4. The summed E-state index contributed by atoms with van der Waals surface area (Å²) in [5.41, 5.74) is 3.34. The summed E-state index contributed by atoms with van der Waals surface area (Å²) in [5.74, 6) is -1.81. The van der Waals surface area contributed by atoms with Gasteiger partial charge in [-0.15, -0.1) is 0 Å². The number of carboxylic acid groups (broad SMARTS) is 1. The molecule has 7 nitrogen and oxygen atoms in total. The van der Waals surface area contributed by atoms with Crippen molar-refractivity contribution in [1.29, 1.82) is 0 Å². The van der Waals surface area contributed by atoms with Crippen molar-refractivity contribution in [3.63, 3.8) is 0 Å². The van der Waals surface area contributed by atoms with Crippen LogP contribution in [-0.2, 0) is 11.3 Å². The van der Waals surface area contributed by atoms with Crippen molar-refractivity contribution in [3.05, 3.63) is 80.6 Å². The number of carbonyl (C=O) groups is 2. The third-order valence-electron chi connectivity index (χ3n) is 5.90. The Kier molecular flexibility index (Phi) is 6.90. The Morgan fingerprint density at radius 3 is 2.43 bits per heavy atom. The molecule has 0 aromatic heterocycles. The number of hydrazine groups is 1. The molecule has 4 rings (SSSR count). The Bertz CT molecular complexity index is 1190. The van der Waals surface area contributed by atoms with E-state index in [1.54, 1.807) is 30.0 Å². The lowest BCUT2D eigenvalue weighted by atomic mass is 10.0. The number of aromatic carboxylic acids is 1. The van der Waals surface area contributed by atoms with E-state index in [0.717, 1.165) is 5.56 Å². The third kappa shape index (κ3) is 5.19. The Balaban J connectivity index is 1.62. The molecule has 0 aliphatic carbocycles. The van der Waals surface area contributed by atoms with Crippen LogP contribution in [-0.4, -0.2) is 52.2 Å². The summed E-state index contributed by atoms with van der Waals surface area (Å²) < 4.78 is 41.7. The van der Waals surface area contributed by atoms with Gasteiger partial charge in [0.1, 0.15) is 5.82 Å². The molecule has 2 aromatic rings. The number of nitrogens with zero attached hydrogens (tertiary/aromatic N) is 2. The van der Waals surface area contributed by atoms with Gasteiger partial charge in [0.25, 0.3) is 5.91 Å². The van der Waals surface area contributed by atoms with Crippen LogP contribution in [0.1, 0.15) is 34.5 Å². The van der Waals surface area contributed by atoms with Crippen molar-refractivity contribution in [1.82, 2.24) is 20.7 Å². The van der Waals surface area contributed by atoms with Crippen molar-refractivity contribution in [3.8, 4) is 0 Å². The highest BCUT2D eigenvalue weighted by molar-refractivity contribution is 6.42. The van der Waals surface area contributed by atoms with Crippen LogP contribution in [0.4, 0.5) is 13.2 Å². The monoisotopic (exact) mass is 528 g/mol. The predicted molar refractivity (Wildman–Crippen MR) is 124 cm³/mol. The molecule has 2 aliphatic rings. The second kappa shape index (κ2) is 9.60. The van der Waals surface area contributed by atoms with Crippen LogP contribution < -0.4 is 10.7 Å². The SMILES string of the molecule is C[C@H](NC(=O)C1=C2N(Cc3ccc(Cl)c(Cl)c3)CCN2NC1C(F)(F)F)c1ccc(C(=O)O)cc1. The van der Waals surface area contributed by atoms with Crippen molar-refractivity contribution in [2.75, 3.05) is 13.1 Å². The Morgan fingerprint density at radius 2 is 1.83 bits per heavy atom. The average molecular weight is 529 g/mol. The van der Waals surface area contributed by atoms with Crippen molar-refractivity contribution < 1.29 is 27.9 Å². The molecule has 1 amide bonds. The first-order chi connectivity index (χ1) is 16.5. The summed E-state index contributed by atoms with van der Waals surface area (Å²) in [6.45, 7) is 2.50. The fourth-order valence-corrected chi connectivity index (χ4v) is 4.47. The van der Waals surface area contributed by atoms with Crippen molar-refractivity contribution in [2.45, 2.75) is 31.7 Å². The highest BCUT2D eigenvalue weighted by Gasteiger charge is 2.53. The van der Waals surface area contributed by atoms with Gasteiger partial charge in [0.05, 0.1) is 33.8 Å². The van der Waals surface area contributed by atoms with Gasteiger partial charge < -0.3 is 15.3 Å². The zero-order chi connectivity index (χ0) is 25.5. The summed E-state index contributed by atoms with van der Waals surface area (Å²) in [5, 5.41) is 13.7. The highest BCUT2D eigenvalue weighted by Crippen LogP contribution is 2.37. The number of carbonyl (C=O) groups excluding carboxylic acids is 1. The molecule has 12 heteroatoms. The number of benzene rings is 2. The van der Waals surface area contributed by atoms with E-state index >= 15 is 0 Å². The summed E-state index contributed by atoms with van der Waals surface area (Å²) in [6.07, 6.45) is -4.70. The van der Waals surface area contributed by atoms with E-state index in [0.29, 0.717) is 22.2 Å². The lowest BCUT2D eigenvalue weighted by Crippen LogP contribution is -2.47. The summed E-state index contributed by atoms with van der Waals surface area (Å²) in [7, 11) is 0. The second-order valence-electron chi connectivity index (χ2n) is 8.28. The number of rotatable bonds is 6. The van der Waals surface area contributed by atoms with Crippen LogP contribution >= 0.6 is 23.2 Å². The molecule has 1 unspecified atom stereocenters. The lowest BCUT2D eigenvalue weighted by Gasteiger charge is -2.23. The Labute approximate surface area is 209 Å². The standard InChI is InChI=1S/C23H21Cl2F3N4O3/c1-12(14-3-5-15(6-4-14)22(34)35)29-20(33)18-19(23(26,27)28)30-32-9-8-31(21(18)32)11-13-2-7-16(24)17(25)10-13/h2-7,10,12,19,30H,8-9,11H2,1H3,(H,29,33)(H,34,35)/t12-,19?/m0/s1. The smallest absolute Gasteiger partial charge is 0.409 e. The molecule has 2 aliphatic heterocycles. The summed E-state index contributed by atoms with van der Waals surface area (Å²) in [6, 6.07) is 7.91. The normalized spacial score (nSPS) is 18.6. The fourth-order valence-electron chi connectivity index (χ4n) is 4.15. The van der Waals surface area contributed by atoms with Gasteiger partial charge in [-0.25, -0.2) is 10.2 Å². The summed E-state index contributed by atoms with van der Waals surface area (Å²) >= 11 is 12.0. The number of alkyl halides is 3. The maximum Gasteiger partial charge on any atom is 0.409 e. The van der Waals surface area contributed by atoms with Crippen molar-refractivity contribution >= 4 is 35.1 Å². The number of amides is 1. The fraction of sp³-hybridized carbons (Fsp3) is 0.304. The number of halogens is 5. The van der Waals surface area contributed by atoms with E-state index in [2.05, 4.69) is 10.7 Å². The van der Waals surface area contributed by atoms with Crippen molar-refractivity contribution in [2.24, 2.45) is 0 Å². The molecule has 0 spiro atoms. The van der Waals surface area contributed by atoms with Gasteiger partial charge in [-0.3, -0.25) is 9.80 Å². The van der Waals surface area contributed by atoms with Crippen LogP contribution in [0.2, 0.25) is 10.0 Å². The molecule has 2 atom stereocenters. The number of hydrogen-bond donors (Lipinski definition) is 3. The van der Waals surface area contributed by atoms with E-state index in [9.17, 15) is 22.8 Å². The minimum Gasteiger partial charge on any atom is -0.478 e. The topological polar surface area (TPSA) is 84.9 Å². The molecule has 1 saturated heterocycles. The van der Waals surface area contributed by atoms with Crippen LogP contribution in [0.3, 0.4) is 0 Å². The zero-order valence-electron chi connectivity index (χ0n) is 18.4. The Hall–Kier alpha value is -2.95. The molecule has 35 heavy (non-hydrogen) atoms. The zero-order valence-corrected chi connectivity index (χ0v) is 19.9. The summed E-state index contributed by atoms with van der Waals surface area (Å²) in [4.78, 5) is 26.0. The minimum absolute atomic E-state index is 0.0638. The minimum atomic E-state index is -4.70. The maximum atomic E-state index is 13.9. The Morgan fingerprint density at radius 1 is 1.14 bits per heavy atom. The number of nitrogens with one attached hydrogen (secondary N) is 2. The first kappa shape index (κ1) is 25.2. The van der Waals surface area contributed by atoms with Gasteiger partial charge in [-0.05, 0) is 42.3 Å². The van der Waals surface area contributed by atoms with Crippen LogP contribution in [0.5, 0.6) is 0 Å². The maximum absolute atomic E-state index is 13.9. The number of hydrogen-bond acceptors (Lipinski definition) is 5. The molecule has 0 saturated carbocycles. The molecule has 0 bridgehead atoms. The number of carboxylic acids is 1. The van der Waals surface area contributed by atoms with Gasteiger partial charge >= 0.3 is 12.1 Å². The van der Waals surface area contributed by atoms with E-state index in [4.69, 9.17) is 28.3 Å². The van der Waals surface area contributed by atoms with E-state index < -0.39 is 35.7 Å². The third-order valence-corrected chi connectivity index (χ3v) is 6.64. The van der Waals surface area contributed by atoms with E-state index in [1.165, 1.54) is 29.3 Å². The molecular formula is C23H21Cl2F3N4O3. The van der Waals surface area contributed by atoms with E-state index in [1.807, 2.05) is 0 Å². The van der Waals surface area contributed by atoms with Gasteiger partial charge in [0, 0.05) is 13.1 Å². The molecule has 2 aromatic carbocycles. The van der Waals surface area contributed by atoms with Crippen LogP contribution in [0.15, 0.2) is 53.9 Å². The molecular weight excluding hydrogens is 508 g/mol. The predicted octanol–water partition coefficient (Wildman–Crippen LogP) is 4.35. The van der Waals surface area contributed by atoms with Crippen LogP contribution in [0.25, 0.3) is 0 Å². The highest BCUT2D eigenvalue weighted by atomic mass is 35.5. The van der Waals surface area contributed by atoms with Gasteiger partial charge in [0.15, 0.2) is 6.04 Å². The molecule has 3 N–H and O–H groups in total. The molecule has 186 valence electrons. The van der Waals surface area contributed by atoms with E-state index in [-0.39, 0.29) is 24.5 Å². The van der Waals surface area contributed by atoms with Gasteiger partial charge in [-0.1, -0.05) is 41.4 Å². The van der Waals surface area contributed by atoms with Gasteiger partial charge in [-0.2, -0.15) is 13.2 Å². The molecule has 0 radical (unpaired) electrons. The lowest BCUT2D eigenvalue weighted by molar-refractivity contribution is -0.154. The average Bonchev–Trinajstić information content (AvgIpc) is 3.36. The molecule has 2 heterocycles. The largest absolute Gasteiger partial charge is 0.478 e. The van der Waals surface area contributed by atoms with Gasteiger partial charge in [0.2, 0.25) is 0 Å². The van der Waals surface area contributed by atoms with Crippen LogP contribution in [0, 0.1) is 0 Å². The second-order valence-corrected chi connectivity index (χ2v) is 9.10. The molecule has 1 fully saturated rings. The first-order valence-electron chi connectivity index (χ1n) is 10.6. The number of fused-ring (bicyclic) bond motifs is 1.